The van der Waals surface area contributed by atoms with Crippen LogP contribution in [-0.2, 0) is 4.74 Å². The largest absolute Gasteiger partial charge is 0.444 e. The molecule has 2 aliphatic rings. The smallest absolute Gasteiger partial charge is 0.410 e. The highest BCUT2D eigenvalue weighted by atomic mass is 16.6. The Bertz CT molecular complexity index is 232. The summed E-state index contributed by atoms with van der Waals surface area (Å²) in [5, 5.41) is 0. The SMILES string of the molecule is CC(C)(C)N1C(=O)OC2CCCC21. The highest BCUT2D eigenvalue weighted by molar-refractivity contribution is 5.71. The van der Waals surface area contributed by atoms with Crippen LogP contribution < -0.4 is 0 Å². The lowest BCUT2D eigenvalue weighted by atomic mass is 10.0. The number of hydrogen-bond donors (Lipinski definition) is 0. The van der Waals surface area contributed by atoms with Gasteiger partial charge in [0.1, 0.15) is 6.10 Å². The monoisotopic (exact) mass is 183 g/mol. The van der Waals surface area contributed by atoms with E-state index >= 15 is 0 Å². The van der Waals surface area contributed by atoms with Crippen LogP contribution in [0.5, 0.6) is 0 Å². The number of hydrogen-bond acceptors (Lipinski definition) is 2. The molecule has 1 saturated carbocycles. The molecule has 0 aromatic rings. The molecule has 2 fully saturated rings. The van der Waals surface area contributed by atoms with Crippen molar-refractivity contribution in [3.05, 3.63) is 0 Å². The Morgan fingerprint density at radius 3 is 2.69 bits per heavy atom. The van der Waals surface area contributed by atoms with Gasteiger partial charge in [-0.15, -0.1) is 0 Å². The first-order valence-corrected chi connectivity index (χ1v) is 5.00. The first-order valence-electron chi connectivity index (χ1n) is 5.00. The maximum atomic E-state index is 11.5. The van der Waals surface area contributed by atoms with Gasteiger partial charge in [0.05, 0.1) is 6.04 Å². The van der Waals surface area contributed by atoms with Gasteiger partial charge in [0.2, 0.25) is 0 Å². The minimum absolute atomic E-state index is 0.0964. The van der Waals surface area contributed by atoms with Crippen LogP contribution in [0.15, 0.2) is 0 Å². The summed E-state index contributed by atoms with van der Waals surface area (Å²) in [4.78, 5) is 13.4. The van der Waals surface area contributed by atoms with Crippen molar-refractivity contribution in [1.29, 1.82) is 0 Å². The third-order valence-corrected chi connectivity index (χ3v) is 2.92. The highest BCUT2D eigenvalue weighted by Crippen LogP contribution is 2.37. The van der Waals surface area contributed by atoms with E-state index in [9.17, 15) is 4.79 Å². The van der Waals surface area contributed by atoms with E-state index in [0.717, 1.165) is 12.8 Å². The molecule has 1 amide bonds. The molecule has 0 radical (unpaired) electrons. The Morgan fingerprint density at radius 2 is 2.08 bits per heavy atom. The van der Waals surface area contributed by atoms with E-state index in [1.807, 2.05) is 4.90 Å². The van der Waals surface area contributed by atoms with Crippen molar-refractivity contribution in [3.8, 4) is 0 Å². The first kappa shape index (κ1) is 8.85. The summed E-state index contributed by atoms with van der Waals surface area (Å²) >= 11 is 0. The molecular formula is C10H17NO2. The van der Waals surface area contributed by atoms with Crippen LogP contribution in [0.25, 0.3) is 0 Å². The molecule has 3 nitrogen and oxygen atoms in total. The third kappa shape index (κ3) is 1.30. The molecule has 3 heteroatoms. The van der Waals surface area contributed by atoms with Crippen molar-refractivity contribution < 1.29 is 9.53 Å². The Balaban J connectivity index is 2.22. The standard InChI is InChI=1S/C10H17NO2/c1-10(2,3)11-7-5-4-6-8(7)13-9(11)12/h7-8H,4-6H2,1-3H3. The van der Waals surface area contributed by atoms with Gasteiger partial charge >= 0.3 is 6.09 Å². The van der Waals surface area contributed by atoms with Gasteiger partial charge in [-0.2, -0.15) is 0 Å². The van der Waals surface area contributed by atoms with Gasteiger partial charge in [0.25, 0.3) is 0 Å². The van der Waals surface area contributed by atoms with E-state index in [0.29, 0.717) is 6.04 Å². The predicted molar refractivity (Wildman–Crippen MR) is 49.5 cm³/mol. The van der Waals surface area contributed by atoms with Gasteiger partial charge in [0, 0.05) is 5.54 Å². The lowest BCUT2D eigenvalue weighted by Gasteiger charge is -2.33. The molecule has 13 heavy (non-hydrogen) atoms. The number of carbonyl (C=O) groups is 1. The lowest BCUT2D eigenvalue weighted by molar-refractivity contribution is 0.113. The second-order valence-corrected chi connectivity index (χ2v) is 4.96. The van der Waals surface area contributed by atoms with Crippen molar-refractivity contribution in [2.24, 2.45) is 0 Å². The first-order chi connectivity index (χ1) is 6.00. The van der Waals surface area contributed by atoms with Crippen molar-refractivity contribution in [3.63, 3.8) is 0 Å². The highest BCUT2D eigenvalue weighted by Gasteiger charge is 2.48. The fourth-order valence-electron chi connectivity index (χ4n) is 2.43. The molecule has 1 saturated heterocycles. The van der Waals surface area contributed by atoms with Gasteiger partial charge < -0.3 is 4.74 Å². The number of nitrogens with zero attached hydrogens (tertiary/aromatic N) is 1. The van der Waals surface area contributed by atoms with Gasteiger partial charge in [0.15, 0.2) is 0 Å². The zero-order chi connectivity index (χ0) is 9.64. The summed E-state index contributed by atoms with van der Waals surface area (Å²) in [5.41, 5.74) is -0.0964. The maximum Gasteiger partial charge on any atom is 0.410 e. The average Bonchev–Trinajstić information content (AvgIpc) is 2.41. The van der Waals surface area contributed by atoms with Crippen molar-refractivity contribution in [2.75, 3.05) is 0 Å². The van der Waals surface area contributed by atoms with Crippen LogP contribution in [0.3, 0.4) is 0 Å². The molecular weight excluding hydrogens is 166 g/mol. The van der Waals surface area contributed by atoms with Crippen LogP contribution >= 0.6 is 0 Å². The number of carbonyl (C=O) groups excluding carboxylic acids is 1. The van der Waals surface area contributed by atoms with E-state index in [1.165, 1.54) is 6.42 Å². The summed E-state index contributed by atoms with van der Waals surface area (Å²) < 4.78 is 5.31. The number of amides is 1. The molecule has 1 aliphatic carbocycles. The summed E-state index contributed by atoms with van der Waals surface area (Å²) in [7, 11) is 0. The fraction of sp³-hybridized carbons (Fsp3) is 0.900. The zero-order valence-corrected chi connectivity index (χ0v) is 8.54. The minimum Gasteiger partial charge on any atom is -0.444 e. The lowest BCUT2D eigenvalue weighted by Crippen LogP contribution is -2.47. The van der Waals surface area contributed by atoms with Gasteiger partial charge in [-0.1, -0.05) is 0 Å². The van der Waals surface area contributed by atoms with Crippen LogP contribution in [0, 0.1) is 0 Å². The molecule has 74 valence electrons. The molecule has 1 aliphatic heterocycles. The Morgan fingerprint density at radius 1 is 1.38 bits per heavy atom. The summed E-state index contributed by atoms with van der Waals surface area (Å²) in [6.07, 6.45) is 3.39. The second kappa shape index (κ2) is 2.63. The van der Waals surface area contributed by atoms with Crippen molar-refractivity contribution in [1.82, 2.24) is 4.90 Å². The summed E-state index contributed by atoms with van der Waals surface area (Å²) in [6, 6.07) is 0.340. The van der Waals surface area contributed by atoms with Crippen molar-refractivity contribution >= 4 is 6.09 Å². The van der Waals surface area contributed by atoms with Gasteiger partial charge in [-0.05, 0) is 40.0 Å². The molecule has 0 bridgehead atoms. The molecule has 0 spiro atoms. The molecule has 0 aromatic heterocycles. The molecule has 2 atom stereocenters. The fourth-order valence-corrected chi connectivity index (χ4v) is 2.43. The topological polar surface area (TPSA) is 29.5 Å². The summed E-state index contributed by atoms with van der Waals surface area (Å²) in [6.45, 7) is 6.19. The van der Waals surface area contributed by atoms with Crippen LogP contribution in [-0.4, -0.2) is 28.7 Å². The quantitative estimate of drug-likeness (QED) is 0.576. The minimum atomic E-state index is -0.123. The number of ether oxygens (including phenoxy) is 1. The zero-order valence-electron chi connectivity index (χ0n) is 8.54. The Kier molecular flexibility index (Phi) is 1.79. The van der Waals surface area contributed by atoms with E-state index in [1.54, 1.807) is 0 Å². The number of rotatable bonds is 0. The Labute approximate surface area is 79.0 Å². The third-order valence-electron chi connectivity index (χ3n) is 2.92. The van der Waals surface area contributed by atoms with Crippen LogP contribution in [0.2, 0.25) is 0 Å². The predicted octanol–water partition coefficient (Wildman–Crippen LogP) is 2.16. The van der Waals surface area contributed by atoms with E-state index < -0.39 is 0 Å². The average molecular weight is 183 g/mol. The Hall–Kier alpha value is -0.730. The van der Waals surface area contributed by atoms with E-state index in [2.05, 4.69) is 20.8 Å². The normalized spacial score (nSPS) is 33.5. The van der Waals surface area contributed by atoms with Gasteiger partial charge in [-0.25, -0.2) is 4.79 Å². The van der Waals surface area contributed by atoms with Gasteiger partial charge in [-0.3, -0.25) is 4.90 Å². The van der Waals surface area contributed by atoms with Crippen LogP contribution in [0.4, 0.5) is 4.79 Å². The van der Waals surface area contributed by atoms with E-state index in [-0.39, 0.29) is 17.7 Å². The molecule has 1 heterocycles. The van der Waals surface area contributed by atoms with E-state index in [4.69, 9.17) is 4.74 Å². The second-order valence-electron chi connectivity index (χ2n) is 4.96. The molecule has 2 rings (SSSR count). The maximum absolute atomic E-state index is 11.5. The molecule has 0 N–H and O–H groups in total. The summed E-state index contributed by atoms with van der Waals surface area (Å²) in [5.74, 6) is 0. The molecule has 0 aromatic carbocycles. The number of fused-ring (bicyclic) bond motifs is 1. The van der Waals surface area contributed by atoms with Crippen molar-refractivity contribution in [2.45, 2.75) is 57.7 Å². The van der Waals surface area contributed by atoms with Crippen LogP contribution in [0.1, 0.15) is 40.0 Å². The molecule has 2 unspecified atom stereocenters.